The summed E-state index contributed by atoms with van der Waals surface area (Å²) < 4.78 is 19.6. The molecule has 0 aromatic rings. The van der Waals surface area contributed by atoms with Crippen LogP contribution in [0.5, 0.6) is 0 Å². The van der Waals surface area contributed by atoms with Gasteiger partial charge in [-0.2, -0.15) is 0 Å². The van der Waals surface area contributed by atoms with Crippen LogP contribution in [0.3, 0.4) is 0 Å². The molecule has 0 aliphatic rings. The smallest absolute Gasteiger partial charge is 0.756 e. The molecular formula is C6H14LiO4P. The maximum Gasteiger partial charge on any atom is 1.00 e. The molecule has 12 heavy (non-hydrogen) atoms. The predicted molar refractivity (Wildman–Crippen MR) is 40.1 cm³/mol. The van der Waals surface area contributed by atoms with E-state index in [1.165, 1.54) is 0 Å². The Labute approximate surface area is 85.4 Å². The molecule has 0 saturated carbocycles. The van der Waals surface area contributed by atoms with Crippen molar-refractivity contribution >= 4 is 7.82 Å². The van der Waals surface area contributed by atoms with Gasteiger partial charge in [0.25, 0.3) is 7.82 Å². The molecule has 0 rings (SSSR count). The van der Waals surface area contributed by atoms with Gasteiger partial charge >= 0.3 is 18.9 Å². The summed E-state index contributed by atoms with van der Waals surface area (Å²) in [4.78, 5) is 10.7. The van der Waals surface area contributed by atoms with Gasteiger partial charge in [-0.15, -0.1) is 0 Å². The van der Waals surface area contributed by atoms with Crippen LogP contribution in [-0.4, -0.2) is 13.2 Å². The Morgan fingerprint density at radius 3 is 1.75 bits per heavy atom. The number of rotatable bonds is 6. The molecule has 0 aromatic carbocycles. The van der Waals surface area contributed by atoms with Crippen molar-refractivity contribution in [3.63, 3.8) is 0 Å². The van der Waals surface area contributed by atoms with E-state index in [0.717, 1.165) is 0 Å². The summed E-state index contributed by atoms with van der Waals surface area (Å²) in [6.07, 6.45) is 1.34. The maximum atomic E-state index is 10.7. The van der Waals surface area contributed by atoms with Crippen LogP contribution in [0.1, 0.15) is 26.7 Å². The van der Waals surface area contributed by atoms with E-state index in [2.05, 4.69) is 9.05 Å². The van der Waals surface area contributed by atoms with E-state index in [9.17, 15) is 9.46 Å². The molecule has 0 radical (unpaired) electrons. The van der Waals surface area contributed by atoms with Gasteiger partial charge in [0.15, 0.2) is 0 Å². The van der Waals surface area contributed by atoms with Gasteiger partial charge in [-0.1, -0.05) is 13.8 Å². The Hall–Kier alpha value is 0.707. The van der Waals surface area contributed by atoms with Gasteiger partial charge < -0.3 is 13.9 Å². The minimum atomic E-state index is -3.98. The van der Waals surface area contributed by atoms with Crippen LogP contribution >= 0.6 is 7.82 Å². The van der Waals surface area contributed by atoms with Crippen LogP contribution in [0.4, 0.5) is 0 Å². The van der Waals surface area contributed by atoms with Crippen LogP contribution in [0, 0.1) is 0 Å². The van der Waals surface area contributed by atoms with E-state index >= 15 is 0 Å². The van der Waals surface area contributed by atoms with Crippen molar-refractivity contribution in [3.05, 3.63) is 0 Å². The third-order valence-electron chi connectivity index (χ3n) is 0.907. The summed E-state index contributed by atoms with van der Waals surface area (Å²) >= 11 is 0. The van der Waals surface area contributed by atoms with Crippen LogP contribution in [0.25, 0.3) is 0 Å². The van der Waals surface area contributed by atoms with Gasteiger partial charge in [0.1, 0.15) is 0 Å². The second-order valence-corrected chi connectivity index (χ2v) is 3.52. The molecule has 68 valence electrons. The second-order valence-electron chi connectivity index (χ2n) is 2.11. The van der Waals surface area contributed by atoms with E-state index < -0.39 is 7.82 Å². The van der Waals surface area contributed by atoms with Crippen LogP contribution < -0.4 is 23.8 Å². The Kier molecular flexibility index (Phi) is 10.5. The van der Waals surface area contributed by atoms with Gasteiger partial charge in [-0.25, -0.2) is 0 Å². The number of phosphoric ester groups is 1. The molecule has 6 heteroatoms. The molecule has 4 nitrogen and oxygen atoms in total. The van der Waals surface area contributed by atoms with Gasteiger partial charge in [0, 0.05) is 0 Å². The summed E-state index contributed by atoms with van der Waals surface area (Å²) in [5, 5.41) is 0. The molecule has 0 fully saturated rings. The molecule has 0 saturated heterocycles. The fourth-order valence-corrected chi connectivity index (χ4v) is 1.33. The van der Waals surface area contributed by atoms with E-state index in [4.69, 9.17) is 0 Å². The third-order valence-corrected chi connectivity index (χ3v) is 1.90. The SMILES string of the molecule is CCCOP(=O)([O-])OCCC.[Li+]. The summed E-state index contributed by atoms with van der Waals surface area (Å²) in [5.74, 6) is 0. The van der Waals surface area contributed by atoms with Gasteiger partial charge in [-0.05, 0) is 12.8 Å². The van der Waals surface area contributed by atoms with Crippen molar-refractivity contribution < 1.29 is 37.4 Å². The Balaban J connectivity index is 0. The van der Waals surface area contributed by atoms with Gasteiger partial charge in [0.05, 0.1) is 13.2 Å². The van der Waals surface area contributed by atoms with E-state index in [-0.39, 0.29) is 32.1 Å². The molecule has 0 aliphatic carbocycles. The molecule has 0 heterocycles. The molecular weight excluding hydrogens is 174 g/mol. The fourth-order valence-electron chi connectivity index (χ4n) is 0.443. The van der Waals surface area contributed by atoms with Crippen molar-refractivity contribution in [2.24, 2.45) is 0 Å². The average molecular weight is 188 g/mol. The Morgan fingerprint density at radius 1 is 1.17 bits per heavy atom. The molecule has 0 N–H and O–H groups in total. The zero-order chi connectivity index (χ0) is 8.74. The zero-order valence-electron chi connectivity index (χ0n) is 7.91. The Bertz CT molecular complexity index is 130. The molecule has 0 bridgehead atoms. The standard InChI is InChI=1S/C6H15O4P.Li/c1-3-5-9-11(7,8)10-6-4-2;/h3-6H2,1-2H3,(H,7,8);/q;+1/p-1. The third kappa shape index (κ3) is 8.80. The van der Waals surface area contributed by atoms with Crippen molar-refractivity contribution in [1.82, 2.24) is 0 Å². The van der Waals surface area contributed by atoms with Gasteiger partial charge in [0.2, 0.25) is 0 Å². The summed E-state index contributed by atoms with van der Waals surface area (Å²) in [5.41, 5.74) is 0. The normalized spacial score (nSPS) is 10.9. The molecule has 0 aromatic heterocycles. The number of hydrogen-bond donors (Lipinski definition) is 0. The largest absolute Gasteiger partial charge is 1.00 e. The van der Waals surface area contributed by atoms with E-state index in [1.807, 2.05) is 13.8 Å². The first kappa shape index (κ1) is 15.2. The fraction of sp³-hybridized carbons (Fsp3) is 1.00. The first-order chi connectivity index (χ1) is 5.12. The predicted octanol–water partition coefficient (Wildman–Crippen LogP) is -1.69. The average Bonchev–Trinajstić information content (AvgIpc) is 1.97. The molecule has 0 aliphatic heterocycles. The van der Waals surface area contributed by atoms with Gasteiger partial charge in [-0.3, -0.25) is 4.57 Å². The van der Waals surface area contributed by atoms with Crippen molar-refractivity contribution in [1.29, 1.82) is 0 Å². The Morgan fingerprint density at radius 2 is 1.50 bits per heavy atom. The van der Waals surface area contributed by atoms with Crippen molar-refractivity contribution in [2.45, 2.75) is 26.7 Å². The molecule has 0 atom stereocenters. The minimum Gasteiger partial charge on any atom is -0.756 e. The number of phosphoric acid groups is 1. The van der Waals surface area contributed by atoms with Crippen LogP contribution in [0.2, 0.25) is 0 Å². The summed E-state index contributed by atoms with van der Waals surface area (Å²) in [6, 6.07) is 0. The molecule has 0 amide bonds. The van der Waals surface area contributed by atoms with Crippen LogP contribution in [-0.2, 0) is 13.6 Å². The van der Waals surface area contributed by atoms with Crippen molar-refractivity contribution in [2.75, 3.05) is 13.2 Å². The van der Waals surface area contributed by atoms with Crippen LogP contribution in [0.15, 0.2) is 0 Å². The molecule has 0 unspecified atom stereocenters. The summed E-state index contributed by atoms with van der Waals surface area (Å²) in [6.45, 7) is 4.06. The maximum absolute atomic E-state index is 10.7. The van der Waals surface area contributed by atoms with E-state index in [1.54, 1.807) is 0 Å². The monoisotopic (exact) mass is 188 g/mol. The summed E-state index contributed by atoms with van der Waals surface area (Å²) in [7, 11) is -3.98. The van der Waals surface area contributed by atoms with Crippen molar-refractivity contribution in [3.8, 4) is 0 Å². The molecule has 0 spiro atoms. The second kappa shape index (κ2) is 8.31. The first-order valence-electron chi connectivity index (χ1n) is 3.72. The van der Waals surface area contributed by atoms with E-state index in [0.29, 0.717) is 12.8 Å². The minimum absolute atomic E-state index is 0. The first-order valence-corrected chi connectivity index (χ1v) is 5.18. The number of hydrogen-bond acceptors (Lipinski definition) is 4. The quantitative estimate of drug-likeness (QED) is 0.368. The topological polar surface area (TPSA) is 58.6 Å². The zero-order valence-corrected chi connectivity index (χ0v) is 8.80.